The monoisotopic (exact) mass is 259 g/mol. The number of anilines is 1. The molecule has 0 bridgehead atoms. The molecular formula is C14H17N3O2. The second-order valence-corrected chi connectivity index (χ2v) is 4.24. The Morgan fingerprint density at radius 3 is 2.32 bits per heavy atom. The number of aryl methyl sites for hydroxylation is 3. The van der Waals surface area contributed by atoms with Gasteiger partial charge in [0.05, 0.1) is 0 Å². The van der Waals surface area contributed by atoms with Crippen molar-refractivity contribution in [3.05, 3.63) is 41.1 Å². The maximum absolute atomic E-state index is 12.1. The molecule has 5 heteroatoms. The Bertz CT molecular complexity index is 568. The molecule has 0 unspecified atom stereocenters. The first-order valence-electron chi connectivity index (χ1n) is 6.37. The highest BCUT2D eigenvalue weighted by atomic mass is 16.4. The second-order valence-electron chi connectivity index (χ2n) is 4.24. The van der Waals surface area contributed by atoms with Gasteiger partial charge in [0, 0.05) is 12.6 Å². The summed E-state index contributed by atoms with van der Waals surface area (Å²) in [4.78, 5) is 12.1. The van der Waals surface area contributed by atoms with Crippen molar-refractivity contribution in [3.63, 3.8) is 0 Å². The fourth-order valence-electron chi connectivity index (χ4n) is 1.96. The number of carbonyl (C=O) groups excluding carboxylic acids is 1. The number of nitrogens with zero attached hydrogens (tertiary/aromatic N) is 2. The Balaban J connectivity index is 2.30. The molecule has 0 saturated heterocycles. The number of hydrogen-bond donors (Lipinski definition) is 1. The van der Waals surface area contributed by atoms with Crippen molar-refractivity contribution < 1.29 is 9.21 Å². The molecule has 1 amide bonds. The van der Waals surface area contributed by atoms with Crippen LogP contribution in [0.5, 0.6) is 0 Å². The third-order valence-corrected chi connectivity index (χ3v) is 2.96. The highest BCUT2D eigenvalue weighted by molar-refractivity contribution is 6.01. The minimum Gasteiger partial charge on any atom is -0.417 e. The summed E-state index contributed by atoms with van der Waals surface area (Å²) in [7, 11) is 0. The molecule has 0 aliphatic rings. The van der Waals surface area contributed by atoms with Gasteiger partial charge >= 0.3 is 11.8 Å². The van der Waals surface area contributed by atoms with Gasteiger partial charge in [0.1, 0.15) is 0 Å². The average Bonchev–Trinajstić information content (AvgIpc) is 2.85. The van der Waals surface area contributed by atoms with Crippen molar-refractivity contribution in [2.24, 2.45) is 0 Å². The lowest BCUT2D eigenvalue weighted by Crippen LogP contribution is -2.15. The largest absolute Gasteiger partial charge is 0.417 e. The molecular weight excluding hydrogens is 242 g/mol. The van der Waals surface area contributed by atoms with Crippen LogP contribution in [0, 0.1) is 6.92 Å². The first kappa shape index (κ1) is 13.3. The molecule has 2 rings (SSSR count). The van der Waals surface area contributed by atoms with Crippen LogP contribution in [0.4, 0.5) is 5.69 Å². The SMILES string of the molecule is CCc1cccc(CC)c1NC(=O)c1nnc(C)o1. The van der Waals surface area contributed by atoms with E-state index in [1.54, 1.807) is 6.92 Å². The molecule has 1 heterocycles. The minimum atomic E-state index is -0.365. The van der Waals surface area contributed by atoms with Gasteiger partial charge in [0.2, 0.25) is 5.89 Å². The maximum atomic E-state index is 12.1. The van der Waals surface area contributed by atoms with E-state index in [0.717, 1.165) is 29.7 Å². The fourth-order valence-corrected chi connectivity index (χ4v) is 1.96. The van der Waals surface area contributed by atoms with Gasteiger partial charge in [-0.2, -0.15) is 0 Å². The van der Waals surface area contributed by atoms with Crippen LogP contribution in [0.15, 0.2) is 22.6 Å². The molecule has 0 saturated carbocycles. The van der Waals surface area contributed by atoms with Crippen LogP contribution in [0.3, 0.4) is 0 Å². The number of nitrogens with one attached hydrogen (secondary N) is 1. The molecule has 1 N–H and O–H groups in total. The van der Waals surface area contributed by atoms with Crippen LogP contribution < -0.4 is 5.32 Å². The molecule has 1 aromatic heterocycles. The van der Waals surface area contributed by atoms with Crippen molar-refractivity contribution in [3.8, 4) is 0 Å². The highest BCUT2D eigenvalue weighted by Gasteiger charge is 2.16. The Labute approximate surface area is 112 Å². The van der Waals surface area contributed by atoms with Gasteiger partial charge in [-0.05, 0) is 24.0 Å². The van der Waals surface area contributed by atoms with Crippen LogP contribution >= 0.6 is 0 Å². The highest BCUT2D eigenvalue weighted by Crippen LogP contribution is 2.23. The van der Waals surface area contributed by atoms with Gasteiger partial charge < -0.3 is 9.73 Å². The van der Waals surface area contributed by atoms with E-state index >= 15 is 0 Å². The number of para-hydroxylation sites is 1. The molecule has 5 nitrogen and oxygen atoms in total. The van der Waals surface area contributed by atoms with Crippen LogP contribution in [0.2, 0.25) is 0 Å². The van der Waals surface area contributed by atoms with E-state index in [4.69, 9.17) is 4.42 Å². The Hall–Kier alpha value is -2.17. The molecule has 0 fully saturated rings. The van der Waals surface area contributed by atoms with Gasteiger partial charge in [0.25, 0.3) is 0 Å². The standard InChI is InChI=1S/C14H17N3O2/c1-4-10-7-6-8-11(5-2)12(10)15-13(18)14-17-16-9(3)19-14/h6-8H,4-5H2,1-3H3,(H,15,18). The van der Waals surface area contributed by atoms with Gasteiger partial charge in [-0.15, -0.1) is 10.2 Å². The number of hydrogen-bond acceptors (Lipinski definition) is 4. The van der Waals surface area contributed by atoms with Crippen LogP contribution in [-0.4, -0.2) is 16.1 Å². The van der Waals surface area contributed by atoms with E-state index in [-0.39, 0.29) is 11.8 Å². The third-order valence-electron chi connectivity index (χ3n) is 2.96. The van der Waals surface area contributed by atoms with Crippen molar-refractivity contribution in [1.82, 2.24) is 10.2 Å². The fraction of sp³-hybridized carbons (Fsp3) is 0.357. The smallest absolute Gasteiger partial charge is 0.313 e. The lowest BCUT2D eigenvalue weighted by molar-refractivity contribution is 0.0988. The summed E-state index contributed by atoms with van der Waals surface area (Å²) >= 11 is 0. The van der Waals surface area contributed by atoms with Crippen molar-refractivity contribution in [2.75, 3.05) is 5.32 Å². The second kappa shape index (κ2) is 5.65. The van der Waals surface area contributed by atoms with Crippen molar-refractivity contribution in [2.45, 2.75) is 33.6 Å². The molecule has 1 aromatic carbocycles. The van der Waals surface area contributed by atoms with Gasteiger partial charge in [-0.3, -0.25) is 4.79 Å². The first-order chi connectivity index (χ1) is 9.15. The zero-order valence-electron chi connectivity index (χ0n) is 11.4. The summed E-state index contributed by atoms with van der Waals surface area (Å²) in [5, 5.41) is 10.3. The van der Waals surface area contributed by atoms with E-state index < -0.39 is 0 Å². The molecule has 0 aliphatic heterocycles. The van der Waals surface area contributed by atoms with Gasteiger partial charge in [0.15, 0.2) is 0 Å². The van der Waals surface area contributed by atoms with Crippen LogP contribution in [-0.2, 0) is 12.8 Å². The average molecular weight is 259 g/mol. The number of carbonyl (C=O) groups is 1. The van der Waals surface area contributed by atoms with E-state index in [1.807, 2.05) is 18.2 Å². The van der Waals surface area contributed by atoms with Gasteiger partial charge in [-0.1, -0.05) is 32.0 Å². The minimum absolute atomic E-state index is 0.00883. The summed E-state index contributed by atoms with van der Waals surface area (Å²) in [5.74, 6) is 0.00583. The molecule has 0 spiro atoms. The lowest BCUT2D eigenvalue weighted by Gasteiger charge is -2.13. The first-order valence-corrected chi connectivity index (χ1v) is 6.37. The summed E-state index contributed by atoms with van der Waals surface area (Å²) < 4.78 is 5.13. The maximum Gasteiger partial charge on any atom is 0.313 e. The summed E-state index contributed by atoms with van der Waals surface area (Å²) in [5.41, 5.74) is 3.06. The summed E-state index contributed by atoms with van der Waals surface area (Å²) in [6, 6.07) is 6.02. The molecule has 2 aromatic rings. The predicted octanol–water partition coefficient (Wildman–Crippen LogP) is 2.76. The predicted molar refractivity (Wildman–Crippen MR) is 72.2 cm³/mol. The Morgan fingerprint density at radius 2 is 1.84 bits per heavy atom. The Kier molecular flexibility index (Phi) is 3.94. The molecule has 0 aliphatic carbocycles. The van der Waals surface area contributed by atoms with E-state index in [9.17, 15) is 4.79 Å². The lowest BCUT2D eigenvalue weighted by atomic mass is 10.0. The quantitative estimate of drug-likeness (QED) is 0.916. The molecule has 100 valence electrons. The van der Waals surface area contributed by atoms with Crippen molar-refractivity contribution >= 4 is 11.6 Å². The number of aromatic nitrogens is 2. The van der Waals surface area contributed by atoms with E-state index in [2.05, 4.69) is 29.4 Å². The van der Waals surface area contributed by atoms with Crippen molar-refractivity contribution in [1.29, 1.82) is 0 Å². The molecule has 0 radical (unpaired) electrons. The number of rotatable bonds is 4. The van der Waals surface area contributed by atoms with E-state index in [1.165, 1.54) is 0 Å². The zero-order valence-corrected chi connectivity index (χ0v) is 11.4. The topological polar surface area (TPSA) is 68.0 Å². The number of benzene rings is 1. The van der Waals surface area contributed by atoms with Crippen LogP contribution in [0.25, 0.3) is 0 Å². The zero-order chi connectivity index (χ0) is 13.8. The summed E-state index contributed by atoms with van der Waals surface area (Å²) in [6.45, 7) is 5.77. The molecule has 0 atom stereocenters. The molecule has 19 heavy (non-hydrogen) atoms. The Morgan fingerprint density at radius 1 is 1.21 bits per heavy atom. The van der Waals surface area contributed by atoms with Gasteiger partial charge in [-0.25, -0.2) is 0 Å². The number of amides is 1. The normalized spacial score (nSPS) is 10.5. The summed E-state index contributed by atoms with van der Waals surface area (Å²) in [6.07, 6.45) is 1.71. The van der Waals surface area contributed by atoms with Crippen LogP contribution in [0.1, 0.15) is 41.6 Å². The third kappa shape index (κ3) is 2.81. The van der Waals surface area contributed by atoms with E-state index in [0.29, 0.717) is 5.89 Å².